The molecule has 1 atom stereocenters. The summed E-state index contributed by atoms with van der Waals surface area (Å²) in [5, 5.41) is 0. The Morgan fingerprint density at radius 3 is 2.56 bits per heavy atom. The number of halogens is 3. The lowest BCUT2D eigenvalue weighted by Crippen LogP contribution is -2.48. The Labute approximate surface area is 103 Å². The second-order valence-corrected chi connectivity index (χ2v) is 6.11. The summed E-state index contributed by atoms with van der Waals surface area (Å²) in [7, 11) is -3.58. The van der Waals surface area contributed by atoms with Gasteiger partial charge < -0.3 is 4.90 Å². The number of nitrogens with one attached hydrogen (secondary N) is 1. The molecule has 0 unspecified atom stereocenters. The monoisotopic (exact) mass is 288 g/mol. The zero-order chi connectivity index (χ0) is 14.0. The Hall–Kier alpha value is -0.830. The van der Waals surface area contributed by atoms with E-state index in [1.165, 1.54) is 6.92 Å². The first kappa shape index (κ1) is 15.2. The van der Waals surface area contributed by atoms with E-state index in [1.807, 2.05) is 4.72 Å². The van der Waals surface area contributed by atoms with Gasteiger partial charge in [0.15, 0.2) is 0 Å². The van der Waals surface area contributed by atoms with Gasteiger partial charge in [-0.2, -0.15) is 13.2 Å². The maximum Gasteiger partial charge on any atom is 0.408 e. The summed E-state index contributed by atoms with van der Waals surface area (Å²) < 4.78 is 61.9. The topological polar surface area (TPSA) is 66.5 Å². The maximum atomic E-state index is 12.6. The maximum absolute atomic E-state index is 12.6. The minimum Gasteiger partial charge on any atom is -0.329 e. The smallest absolute Gasteiger partial charge is 0.329 e. The van der Waals surface area contributed by atoms with E-state index in [1.54, 1.807) is 0 Å². The van der Waals surface area contributed by atoms with E-state index in [9.17, 15) is 26.4 Å². The van der Waals surface area contributed by atoms with Gasteiger partial charge in [-0.3, -0.25) is 4.79 Å². The Morgan fingerprint density at radius 2 is 2.06 bits per heavy atom. The molecule has 1 fully saturated rings. The Kier molecular flexibility index (Phi) is 4.60. The zero-order valence-electron chi connectivity index (χ0n) is 9.83. The molecule has 9 heteroatoms. The van der Waals surface area contributed by atoms with E-state index >= 15 is 0 Å². The van der Waals surface area contributed by atoms with Crippen LogP contribution in [0.15, 0.2) is 0 Å². The van der Waals surface area contributed by atoms with Gasteiger partial charge in [0, 0.05) is 6.54 Å². The largest absolute Gasteiger partial charge is 0.408 e. The third-order valence-corrected chi connectivity index (χ3v) is 4.12. The van der Waals surface area contributed by atoms with Crippen molar-refractivity contribution in [3.05, 3.63) is 0 Å². The van der Waals surface area contributed by atoms with E-state index in [0.29, 0.717) is 4.90 Å². The molecule has 0 aromatic rings. The number of rotatable bonds is 4. The molecule has 1 aliphatic heterocycles. The van der Waals surface area contributed by atoms with Gasteiger partial charge in [-0.1, -0.05) is 0 Å². The van der Waals surface area contributed by atoms with E-state index in [0.717, 1.165) is 0 Å². The summed E-state index contributed by atoms with van der Waals surface area (Å²) in [6.07, 6.45) is -4.32. The molecule has 0 saturated carbocycles. The van der Waals surface area contributed by atoms with Crippen molar-refractivity contribution in [2.75, 3.05) is 18.8 Å². The Bertz CT molecular complexity index is 408. The van der Waals surface area contributed by atoms with E-state index in [-0.39, 0.29) is 25.1 Å². The summed E-state index contributed by atoms with van der Waals surface area (Å²) in [6, 6.07) is -1.80. The lowest BCUT2D eigenvalue weighted by atomic mass is 10.2. The van der Waals surface area contributed by atoms with Crippen LogP contribution in [0.3, 0.4) is 0 Å². The van der Waals surface area contributed by atoms with Crippen LogP contribution in [0.5, 0.6) is 0 Å². The fraction of sp³-hybridized carbons (Fsp3) is 0.889. The zero-order valence-corrected chi connectivity index (χ0v) is 10.6. The fourth-order valence-corrected chi connectivity index (χ4v) is 2.33. The molecule has 18 heavy (non-hydrogen) atoms. The summed E-state index contributed by atoms with van der Waals surface area (Å²) in [5.41, 5.74) is 0. The highest BCUT2D eigenvalue weighted by atomic mass is 32.2. The van der Waals surface area contributed by atoms with Crippen LogP contribution < -0.4 is 4.72 Å². The van der Waals surface area contributed by atoms with Gasteiger partial charge in [0.1, 0.15) is 6.04 Å². The number of carbonyl (C=O) groups excluding carboxylic acids is 1. The highest BCUT2D eigenvalue weighted by molar-refractivity contribution is 7.89. The molecule has 1 N–H and O–H groups in total. The predicted molar refractivity (Wildman–Crippen MR) is 58.3 cm³/mol. The van der Waals surface area contributed by atoms with Crippen molar-refractivity contribution < 1.29 is 26.4 Å². The molecule has 0 aliphatic carbocycles. The van der Waals surface area contributed by atoms with Crippen LogP contribution in [0.25, 0.3) is 0 Å². The van der Waals surface area contributed by atoms with Crippen LogP contribution in [0.1, 0.15) is 19.8 Å². The van der Waals surface area contributed by atoms with E-state index in [4.69, 9.17) is 0 Å². The molecule has 0 aromatic heterocycles. The lowest BCUT2D eigenvalue weighted by molar-refractivity contribution is -0.182. The average molecular weight is 288 g/mol. The molecule has 1 amide bonds. The average Bonchev–Trinajstić information content (AvgIpc) is 2.74. The van der Waals surface area contributed by atoms with E-state index < -0.39 is 34.7 Å². The highest BCUT2D eigenvalue weighted by Gasteiger charge is 2.47. The molecule has 1 heterocycles. The van der Waals surface area contributed by atoms with Crippen molar-refractivity contribution in [3.63, 3.8) is 0 Å². The Morgan fingerprint density at radius 1 is 1.44 bits per heavy atom. The molecule has 0 aromatic carbocycles. The van der Waals surface area contributed by atoms with Crippen LogP contribution in [0, 0.1) is 0 Å². The number of carbonyl (C=O) groups is 1. The molecule has 0 spiro atoms. The molecular weight excluding hydrogens is 273 g/mol. The van der Waals surface area contributed by atoms with Crippen molar-refractivity contribution in [1.82, 2.24) is 9.62 Å². The number of hydrogen-bond donors (Lipinski definition) is 1. The van der Waals surface area contributed by atoms with Gasteiger partial charge in [-0.15, -0.1) is 0 Å². The van der Waals surface area contributed by atoms with Crippen molar-refractivity contribution >= 4 is 15.9 Å². The molecule has 1 rings (SSSR count). The predicted octanol–water partition coefficient (Wildman–Crippen LogP) is 0.479. The van der Waals surface area contributed by atoms with Crippen molar-refractivity contribution in [1.29, 1.82) is 0 Å². The molecule has 106 valence electrons. The second kappa shape index (κ2) is 5.43. The highest BCUT2D eigenvalue weighted by Crippen LogP contribution is 2.32. The van der Waals surface area contributed by atoms with Gasteiger partial charge in [0.05, 0.1) is 12.3 Å². The molecule has 1 aliphatic rings. The fourth-order valence-electron chi connectivity index (χ4n) is 1.78. The first-order chi connectivity index (χ1) is 8.17. The third-order valence-electron chi connectivity index (χ3n) is 2.77. The van der Waals surface area contributed by atoms with Crippen molar-refractivity contribution in [3.8, 4) is 0 Å². The molecule has 1 saturated heterocycles. The first-order valence-corrected chi connectivity index (χ1v) is 7.16. The molecule has 0 bridgehead atoms. The lowest BCUT2D eigenvalue weighted by Gasteiger charge is -2.26. The third kappa shape index (κ3) is 3.84. The van der Waals surface area contributed by atoms with E-state index in [2.05, 4.69) is 0 Å². The van der Waals surface area contributed by atoms with Crippen LogP contribution >= 0.6 is 0 Å². The van der Waals surface area contributed by atoms with Gasteiger partial charge in [0.2, 0.25) is 15.9 Å². The van der Waals surface area contributed by atoms with Crippen molar-refractivity contribution in [2.45, 2.75) is 32.0 Å². The number of likely N-dealkylation sites (tertiary alicyclic amines) is 1. The number of alkyl halides is 3. The van der Waals surface area contributed by atoms with Gasteiger partial charge in [-0.05, 0) is 19.8 Å². The second-order valence-electron chi connectivity index (χ2n) is 4.01. The van der Waals surface area contributed by atoms with Crippen LogP contribution in [0.2, 0.25) is 0 Å². The number of hydrogen-bond acceptors (Lipinski definition) is 3. The summed E-state index contributed by atoms with van der Waals surface area (Å²) in [5.74, 6) is -1.06. The van der Waals surface area contributed by atoms with Crippen molar-refractivity contribution in [2.24, 2.45) is 0 Å². The van der Waals surface area contributed by atoms with Gasteiger partial charge in [0.25, 0.3) is 0 Å². The number of sulfonamides is 1. The van der Waals surface area contributed by atoms with Crippen LogP contribution in [-0.4, -0.2) is 50.3 Å². The molecule has 5 nitrogen and oxygen atoms in total. The summed E-state index contributed by atoms with van der Waals surface area (Å²) >= 11 is 0. The normalized spacial score (nSPS) is 21.3. The Balaban J connectivity index is 2.62. The standard InChI is InChI=1S/C9H15F3N2O3S/c1-2-18(16,17)13-6-8(15)14-5-3-4-7(14)9(10,11)12/h7,13H,2-6H2,1H3/t7-/m0/s1. The van der Waals surface area contributed by atoms with Gasteiger partial charge >= 0.3 is 6.18 Å². The minimum absolute atomic E-state index is 0.0108. The SMILES string of the molecule is CCS(=O)(=O)NCC(=O)N1CCC[C@H]1C(F)(F)F. The minimum atomic E-state index is -4.46. The summed E-state index contributed by atoms with van der Waals surface area (Å²) in [6.45, 7) is 0.765. The number of nitrogens with zero attached hydrogens (tertiary/aromatic N) is 1. The van der Waals surface area contributed by atoms with Crippen LogP contribution in [0.4, 0.5) is 13.2 Å². The summed E-state index contributed by atoms with van der Waals surface area (Å²) in [4.78, 5) is 12.3. The van der Waals surface area contributed by atoms with Gasteiger partial charge in [-0.25, -0.2) is 13.1 Å². The molecular formula is C9H15F3N2O3S. The first-order valence-electron chi connectivity index (χ1n) is 5.51. The van der Waals surface area contributed by atoms with Crippen LogP contribution in [-0.2, 0) is 14.8 Å². The number of amides is 1. The molecule has 0 radical (unpaired) electrons. The quantitative estimate of drug-likeness (QED) is 0.818.